The minimum absolute atomic E-state index is 0. The molecule has 1 fully saturated rings. The molecule has 1 aliphatic rings. The van der Waals surface area contributed by atoms with Crippen molar-refractivity contribution in [1.29, 1.82) is 0 Å². The van der Waals surface area contributed by atoms with Crippen molar-refractivity contribution in [2.75, 3.05) is 51.3 Å². The number of β-amino-alcohol motifs (C(OH)–C–C–N with tert-alkyl or cyclic N) is 1. The Bertz CT molecular complexity index is 749. The van der Waals surface area contributed by atoms with E-state index in [0.717, 1.165) is 38.2 Å². The van der Waals surface area contributed by atoms with Gasteiger partial charge in [-0.25, -0.2) is 0 Å². The highest BCUT2D eigenvalue weighted by Crippen LogP contribution is 2.28. The summed E-state index contributed by atoms with van der Waals surface area (Å²) in [5.74, 6) is 1.34. The highest BCUT2D eigenvalue weighted by atomic mass is 35.5. The fraction of sp³-hybridized carbons (Fsp3) is 0.391. The Morgan fingerprint density at radius 1 is 1.07 bits per heavy atom. The van der Waals surface area contributed by atoms with Crippen molar-refractivity contribution in [2.24, 2.45) is 0 Å². The fourth-order valence-corrected chi connectivity index (χ4v) is 3.49. The number of aliphatic hydroxyl groups excluding tert-OH is 1. The molecule has 2 aromatic carbocycles. The fourth-order valence-electron chi connectivity index (χ4n) is 3.49. The normalized spacial score (nSPS) is 15.3. The number of methoxy groups -OCH3 is 1. The Hall–Kier alpha value is -2.21. The molecule has 6 heteroatoms. The molecule has 0 aromatic heterocycles. The average Bonchev–Trinajstić information content (AvgIpc) is 2.74. The van der Waals surface area contributed by atoms with Crippen molar-refractivity contribution in [3.8, 4) is 11.5 Å². The number of halogens is 1. The zero-order chi connectivity index (χ0) is 19.8. The van der Waals surface area contributed by atoms with Crippen LogP contribution in [0.4, 0.5) is 5.69 Å². The molecular formula is C23H31ClN2O3. The molecule has 3 rings (SSSR count). The number of anilines is 1. The van der Waals surface area contributed by atoms with Crippen molar-refractivity contribution in [1.82, 2.24) is 4.90 Å². The molecule has 1 saturated heterocycles. The summed E-state index contributed by atoms with van der Waals surface area (Å²) in [6.07, 6.45) is 2.10. The van der Waals surface area contributed by atoms with Crippen LogP contribution in [0.5, 0.6) is 11.5 Å². The van der Waals surface area contributed by atoms with E-state index >= 15 is 0 Å². The van der Waals surface area contributed by atoms with E-state index in [1.54, 1.807) is 7.11 Å². The number of allylic oxidation sites excluding steroid dienone is 1. The lowest BCUT2D eigenvalue weighted by atomic mass is 10.1. The van der Waals surface area contributed by atoms with Gasteiger partial charge in [-0.3, -0.25) is 4.90 Å². The molecule has 1 N–H and O–H groups in total. The highest BCUT2D eigenvalue weighted by Gasteiger charge is 2.20. The molecule has 5 nitrogen and oxygen atoms in total. The van der Waals surface area contributed by atoms with Crippen molar-refractivity contribution in [3.05, 3.63) is 66.7 Å². The number of aliphatic hydroxyl groups is 1. The van der Waals surface area contributed by atoms with E-state index in [0.29, 0.717) is 18.0 Å². The van der Waals surface area contributed by atoms with Crippen LogP contribution in [0.15, 0.2) is 61.2 Å². The lowest BCUT2D eigenvalue weighted by molar-refractivity contribution is 0.0653. The van der Waals surface area contributed by atoms with E-state index in [-0.39, 0.29) is 19.0 Å². The van der Waals surface area contributed by atoms with Gasteiger partial charge in [-0.1, -0.05) is 30.3 Å². The first-order valence-corrected chi connectivity index (χ1v) is 9.80. The molecule has 0 bridgehead atoms. The molecule has 158 valence electrons. The van der Waals surface area contributed by atoms with Crippen molar-refractivity contribution < 1.29 is 14.6 Å². The minimum Gasteiger partial charge on any atom is -0.493 e. The topological polar surface area (TPSA) is 45.2 Å². The second-order valence-electron chi connectivity index (χ2n) is 7.07. The number of nitrogens with zero attached hydrogens (tertiary/aromatic N) is 2. The summed E-state index contributed by atoms with van der Waals surface area (Å²) in [4.78, 5) is 4.67. The molecule has 1 heterocycles. The number of hydrogen-bond donors (Lipinski definition) is 1. The van der Waals surface area contributed by atoms with E-state index in [9.17, 15) is 5.11 Å². The molecule has 1 unspecified atom stereocenters. The van der Waals surface area contributed by atoms with Crippen LogP contribution in [0, 0.1) is 0 Å². The maximum atomic E-state index is 10.4. The molecule has 29 heavy (non-hydrogen) atoms. The van der Waals surface area contributed by atoms with E-state index in [1.807, 2.05) is 30.3 Å². The Kier molecular flexibility index (Phi) is 9.32. The molecule has 1 aliphatic heterocycles. The third-order valence-electron chi connectivity index (χ3n) is 5.00. The van der Waals surface area contributed by atoms with E-state index < -0.39 is 6.10 Å². The minimum atomic E-state index is -0.541. The lowest BCUT2D eigenvalue weighted by Crippen LogP contribution is -2.49. The van der Waals surface area contributed by atoms with Gasteiger partial charge in [0.1, 0.15) is 12.7 Å². The molecule has 0 saturated carbocycles. The molecular weight excluding hydrogens is 388 g/mol. The standard InChI is InChI=1S/C23H30N2O3.ClH/c1-3-7-19-10-11-22(23(16-19)27-2)28-18-21(26)17-24-12-14-25(15-13-24)20-8-5-4-6-9-20;/h3-6,8-11,16,21,26H,1,7,12-15,17-18H2,2H3;1H. The first-order chi connectivity index (χ1) is 13.7. The van der Waals surface area contributed by atoms with Gasteiger partial charge in [0, 0.05) is 38.4 Å². The maximum absolute atomic E-state index is 10.4. The van der Waals surface area contributed by atoms with Gasteiger partial charge >= 0.3 is 0 Å². The summed E-state index contributed by atoms with van der Waals surface area (Å²) in [5, 5.41) is 10.4. The Morgan fingerprint density at radius 3 is 2.45 bits per heavy atom. The van der Waals surface area contributed by atoms with Crippen LogP contribution in [0.2, 0.25) is 0 Å². The summed E-state index contributed by atoms with van der Waals surface area (Å²) in [7, 11) is 1.63. The van der Waals surface area contributed by atoms with Gasteiger partial charge in [0.2, 0.25) is 0 Å². The molecule has 1 atom stereocenters. The molecule has 0 spiro atoms. The number of rotatable bonds is 9. The van der Waals surface area contributed by atoms with Crippen LogP contribution in [-0.4, -0.2) is 62.6 Å². The Labute approximate surface area is 180 Å². The number of para-hydroxylation sites is 1. The van der Waals surface area contributed by atoms with Crippen LogP contribution in [0.1, 0.15) is 5.56 Å². The van der Waals surface area contributed by atoms with E-state index in [4.69, 9.17) is 9.47 Å². The van der Waals surface area contributed by atoms with Crippen molar-refractivity contribution >= 4 is 18.1 Å². The first kappa shape index (κ1) is 23.1. The summed E-state index contributed by atoms with van der Waals surface area (Å²) in [5.41, 5.74) is 2.38. The quantitative estimate of drug-likeness (QED) is 0.632. The predicted octanol–water partition coefficient (Wildman–Crippen LogP) is 3.41. The Balaban J connectivity index is 0.00000300. The van der Waals surface area contributed by atoms with Gasteiger partial charge in [-0.2, -0.15) is 0 Å². The van der Waals surface area contributed by atoms with Crippen LogP contribution < -0.4 is 14.4 Å². The second-order valence-corrected chi connectivity index (χ2v) is 7.07. The summed E-state index contributed by atoms with van der Waals surface area (Å²) in [6, 6.07) is 16.3. The zero-order valence-electron chi connectivity index (χ0n) is 17.0. The van der Waals surface area contributed by atoms with Gasteiger partial charge in [-0.05, 0) is 36.2 Å². The number of piperazine rings is 1. The van der Waals surface area contributed by atoms with E-state index in [2.05, 4.69) is 40.6 Å². The third kappa shape index (κ3) is 6.67. The summed E-state index contributed by atoms with van der Waals surface area (Å²) >= 11 is 0. The Morgan fingerprint density at radius 2 is 1.79 bits per heavy atom. The highest BCUT2D eigenvalue weighted by molar-refractivity contribution is 5.85. The van der Waals surface area contributed by atoms with Gasteiger partial charge in [0.25, 0.3) is 0 Å². The van der Waals surface area contributed by atoms with Crippen LogP contribution in [0.25, 0.3) is 0 Å². The van der Waals surface area contributed by atoms with Gasteiger partial charge < -0.3 is 19.5 Å². The smallest absolute Gasteiger partial charge is 0.161 e. The number of ether oxygens (including phenoxy) is 2. The largest absolute Gasteiger partial charge is 0.493 e. The molecule has 2 aromatic rings. The molecule has 0 aliphatic carbocycles. The monoisotopic (exact) mass is 418 g/mol. The third-order valence-corrected chi connectivity index (χ3v) is 5.00. The van der Waals surface area contributed by atoms with Crippen molar-refractivity contribution in [2.45, 2.75) is 12.5 Å². The first-order valence-electron chi connectivity index (χ1n) is 9.80. The predicted molar refractivity (Wildman–Crippen MR) is 121 cm³/mol. The van der Waals surface area contributed by atoms with Crippen molar-refractivity contribution in [3.63, 3.8) is 0 Å². The SMILES string of the molecule is C=CCc1ccc(OCC(O)CN2CCN(c3ccccc3)CC2)c(OC)c1.Cl. The van der Waals surface area contributed by atoms with Crippen LogP contribution in [0.3, 0.4) is 0 Å². The maximum Gasteiger partial charge on any atom is 0.161 e. The van der Waals surface area contributed by atoms with E-state index in [1.165, 1.54) is 5.69 Å². The van der Waals surface area contributed by atoms with Gasteiger partial charge in [0.05, 0.1) is 7.11 Å². The van der Waals surface area contributed by atoms with Gasteiger partial charge in [-0.15, -0.1) is 19.0 Å². The molecule has 0 radical (unpaired) electrons. The lowest BCUT2D eigenvalue weighted by Gasteiger charge is -2.36. The number of benzene rings is 2. The zero-order valence-corrected chi connectivity index (χ0v) is 17.8. The number of hydrogen-bond acceptors (Lipinski definition) is 5. The van der Waals surface area contributed by atoms with Crippen LogP contribution in [-0.2, 0) is 6.42 Å². The molecule has 0 amide bonds. The second kappa shape index (κ2) is 11.7. The average molecular weight is 419 g/mol. The van der Waals surface area contributed by atoms with Crippen LogP contribution >= 0.6 is 12.4 Å². The summed E-state index contributed by atoms with van der Waals surface area (Å²) in [6.45, 7) is 8.42. The van der Waals surface area contributed by atoms with Gasteiger partial charge in [0.15, 0.2) is 11.5 Å². The summed E-state index contributed by atoms with van der Waals surface area (Å²) < 4.78 is 11.2.